The zero-order chi connectivity index (χ0) is 13.4. The van der Waals surface area contributed by atoms with Crippen molar-refractivity contribution in [2.24, 2.45) is 5.73 Å². The maximum atomic E-state index is 13.8. The third-order valence-electron chi connectivity index (χ3n) is 3.02. The largest absolute Gasteiger partial charge is 0.324 e. The normalized spacial score (nSPS) is 16.6. The Morgan fingerprint density at radius 2 is 2.26 bits per heavy atom. The molecule has 1 atom stereocenters. The highest BCUT2D eigenvalue weighted by Crippen LogP contribution is 2.39. The number of halogens is 1. The lowest BCUT2D eigenvalue weighted by Gasteiger charge is -2.12. The Morgan fingerprint density at radius 3 is 2.95 bits per heavy atom. The lowest BCUT2D eigenvalue weighted by molar-refractivity contribution is 0.564. The summed E-state index contributed by atoms with van der Waals surface area (Å²) >= 11 is 1.37. The van der Waals surface area contributed by atoms with Crippen LogP contribution in [0.3, 0.4) is 0 Å². The molecule has 3 rings (SSSR count). The first-order valence-electron chi connectivity index (χ1n) is 6.16. The fourth-order valence-corrected chi connectivity index (χ4v) is 3.04. The van der Waals surface area contributed by atoms with Gasteiger partial charge < -0.3 is 5.73 Å². The summed E-state index contributed by atoms with van der Waals surface area (Å²) in [6.07, 6.45) is 2.20. The summed E-state index contributed by atoms with van der Waals surface area (Å²) in [4.78, 5) is 0.770. The molecule has 0 bridgehead atoms. The van der Waals surface area contributed by atoms with E-state index < -0.39 is 0 Å². The summed E-state index contributed by atoms with van der Waals surface area (Å²) < 4.78 is 15.7. The molecule has 1 aromatic carbocycles. The van der Waals surface area contributed by atoms with Crippen molar-refractivity contribution in [3.63, 3.8) is 0 Å². The van der Waals surface area contributed by atoms with Gasteiger partial charge in [0.25, 0.3) is 0 Å². The average Bonchev–Trinajstić information content (AvgIpc) is 3.10. The lowest BCUT2D eigenvalue weighted by Crippen LogP contribution is -2.09. The fourth-order valence-electron chi connectivity index (χ4n) is 1.95. The van der Waals surface area contributed by atoms with Crippen LogP contribution in [0.5, 0.6) is 0 Å². The molecule has 1 aliphatic rings. The second-order valence-corrected chi connectivity index (χ2v) is 5.69. The molecule has 0 saturated heterocycles. The minimum absolute atomic E-state index is 0.287. The van der Waals surface area contributed by atoms with Gasteiger partial charge in [-0.05, 0) is 54.1 Å². The van der Waals surface area contributed by atoms with Crippen LogP contribution in [0.25, 0.3) is 0 Å². The summed E-state index contributed by atoms with van der Waals surface area (Å²) in [6.45, 7) is 1.77. The Labute approximate surface area is 114 Å². The van der Waals surface area contributed by atoms with Crippen molar-refractivity contribution in [1.82, 2.24) is 20.2 Å². The van der Waals surface area contributed by atoms with Gasteiger partial charge in [0.15, 0.2) is 0 Å². The number of rotatable bonds is 4. The Bertz CT molecular complexity index is 594. The predicted octanol–water partition coefficient (Wildman–Crippen LogP) is 2.32. The van der Waals surface area contributed by atoms with Crippen LogP contribution in [0.2, 0.25) is 0 Å². The number of nitrogens with two attached hydrogens (primary N) is 1. The van der Waals surface area contributed by atoms with Crippen molar-refractivity contribution in [2.75, 3.05) is 0 Å². The number of nitrogens with zero attached hydrogens (tertiary/aromatic N) is 4. The Hall–Kier alpha value is -1.47. The van der Waals surface area contributed by atoms with E-state index in [0.29, 0.717) is 16.8 Å². The third kappa shape index (κ3) is 2.48. The molecule has 1 aromatic heterocycles. The van der Waals surface area contributed by atoms with Crippen molar-refractivity contribution < 1.29 is 4.39 Å². The van der Waals surface area contributed by atoms with Gasteiger partial charge in [0.2, 0.25) is 5.16 Å². The first-order chi connectivity index (χ1) is 9.16. The minimum atomic E-state index is -0.367. The molecule has 100 valence electrons. The van der Waals surface area contributed by atoms with Gasteiger partial charge in [-0.2, -0.15) is 0 Å². The zero-order valence-electron chi connectivity index (χ0n) is 10.5. The summed E-state index contributed by atoms with van der Waals surface area (Å²) in [7, 11) is 0. The van der Waals surface area contributed by atoms with E-state index in [1.165, 1.54) is 17.8 Å². The van der Waals surface area contributed by atoms with Crippen LogP contribution < -0.4 is 5.73 Å². The highest BCUT2D eigenvalue weighted by atomic mass is 32.2. The van der Waals surface area contributed by atoms with E-state index in [2.05, 4.69) is 15.5 Å². The second kappa shape index (κ2) is 4.90. The van der Waals surface area contributed by atoms with Gasteiger partial charge in [0, 0.05) is 16.5 Å². The molecule has 1 fully saturated rings. The standard InChI is InChI=1S/C12H14FN5S/c1-7(14)11-9(13)3-2-4-10(11)19-12-15-16-17-18(12)8-5-6-8/h2-4,7-8H,5-6,14H2,1H3/t7-/m0/s1. The smallest absolute Gasteiger partial charge is 0.214 e. The highest BCUT2D eigenvalue weighted by Gasteiger charge is 2.28. The minimum Gasteiger partial charge on any atom is -0.324 e. The van der Waals surface area contributed by atoms with Crippen molar-refractivity contribution in [1.29, 1.82) is 0 Å². The quantitative estimate of drug-likeness (QED) is 0.930. The van der Waals surface area contributed by atoms with Crippen LogP contribution in [0, 0.1) is 5.82 Å². The second-order valence-electron chi connectivity index (χ2n) is 4.68. The van der Waals surface area contributed by atoms with Gasteiger partial charge >= 0.3 is 0 Å². The lowest BCUT2D eigenvalue weighted by atomic mass is 10.1. The number of benzene rings is 1. The van der Waals surface area contributed by atoms with Crippen LogP contribution in [0.4, 0.5) is 4.39 Å². The Morgan fingerprint density at radius 1 is 1.47 bits per heavy atom. The Kier molecular flexibility index (Phi) is 3.24. The molecule has 1 heterocycles. The SMILES string of the molecule is C[C@H](N)c1c(F)cccc1Sc1nnnn1C1CC1. The van der Waals surface area contributed by atoms with E-state index in [0.717, 1.165) is 17.7 Å². The van der Waals surface area contributed by atoms with E-state index in [1.807, 2.05) is 6.07 Å². The van der Waals surface area contributed by atoms with E-state index >= 15 is 0 Å². The molecule has 1 aliphatic carbocycles. The molecule has 7 heteroatoms. The van der Waals surface area contributed by atoms with E-state index in [-0.39, 0.29) is 11.9 Å². The van der Waals surface area contributed by atoms with Crippen molar-refractivity contribution in [2.45, 2.75) is 41.9 Å². The van der Waals surface area contributed by atoms with Gasteiger partial charge in [-0.3, -0.25) is 0 Å². The van der Waals surface area contributed by atoms with Crippen molar-refractivity contribution in [3.8, 4) is 0 Å². The molecule has 0 unspecified atom stereocenters. The summed E-state index contributed by atoms with van der Waals surface area (Å²) in [6, 6.07) is 4.97. The molecule has 2 aromatic rings. The van der Waals surface area contributed by atoms with Gasteiger partial charge in [-0.1, -0.05) is 6.07 Å². The zero-order valence-corrected chi connectivity index (χ0v) is 11.3. The number of hydrogen-bond acceptors (Lipinski definition) is 5. The number of tetrazole rings is 1. The van der Waals surface area contributed by atoms with E-state index in [4.69, 9.17) is 5.73 Å². The first kappa shape index (κ1) is 12.6. The summed E-state index contributed by atoms with van der Waals surface area (Å²) in [5.74, 6) is -0.287. The summed E-state index contributed by atoms with van der Waals surface area (Å²) in [5.41, 5.74) is 6.35. The monoisotopic (exact) mass is 279 g/mol. The predicted molar refractivity (Wildman–Crippen MR) is 69.2 cm³/mol. The van der Waals surface area contributed by atoms with Gasteiger partial charge in [0.05, 0.1) is 6.04 Å². The van der Waals surface area contributed by atoms with Crippen LogP contribution in [-0.4, -0.2) is 20.2 Å². The summed E-state index contributed by atoms with van der Waals surface area (Å²) in [5, 5.41) is 12.4. The molecular formula is C12H14FN5S. The van der Waals surface area contributed by atoms with Crippen LogP contribution >= 0.6 is 11.8 Å². The highest BCUT2D eigenvalue weighted by molar-refractivity contribution is 7.99. The fraction of sp³-hybridized carbons (Fsp3) is 0.417. The van der Waals surface area contributed by atoms with Gasteiger partial charge in [-0.25, -0.2) is 9.07 Å². The molecule has 2 N–H and O–H groups in total. The van der Waals surface area contributed by atoms with Gasteiger partial charge in [-0.15, -0.1) is 5.10 Å². The number of hydrogen-bond donors (Lipinski definition) is 1. The molecule has 0 spiro atoms. The maximum absolute atomic E-state index is 13.8. The van der Waals surface area contributed by atoms with E-state index in [1.54, 1.807) is 17.7 Å². The molecule has 19 heavy (non-hydrogen) atoms. The topological polar surface area (TPSA) is 69.6 Å². The average molecular weight is 279 g/mol. The maximum Gasteiger partial charge on any atom is 0.214 e. The van der Waals surface area contributed by atoms with Crippen LogP contribution in [0.15, 0.2) is 28.3 Å². The molecule has 0 amide bonds. The van der Waals surface area contributed by atoms with Crippen LogP contribution in [-0.2, 0) is 0 Å². The van der Waals surface area contributed by atoms with Crippen molar-refractivity contribution >= 4 is 11.8 Å². The molecule has 0 radical (unpaired) electrons. The Balaban J connectivity index is 1.94. The van der Waals surface area contributed by atoms with E-state index in [9.17, 15) is 4.39 Å². The third-order valence-corrected chi connectivity index (χ3v) is 4.05. The molecule has 5 nitrogen and oxygen atoms in total. The number of aromatic nitrogens is 4. The first-order valence-corrected chi connectivity index (χ1v) is 6.98. The molecular weight excluding hydrogens is 265 g/mol. The molecule has 0 aliphatic heterocycles. The van der Waals surface area contributed by atoms with Crippen LogP contribution in [0.1, 0.15) is 37.4 Å². The molecule has 1 saturated carbocycles. The van der Waals surface area contributed by atoms with Gasteiger partial charge in [0.1, 0.15) is 5.82 Å². The van der Waals surface area contributed by atoms with Crippen molar-refractivity contribution in [3.05, 3.63) is 29.6 Å².